The number of aromatic nitrogens is 4. The van der Waals surface area contributed by atoms with Gasteiger partial charge >= 0.3 is 0 Å². The fraction of sp³-hybridized carbons (Fsp3) is 0.522. The van der Waals surface area contributed by atoms with E-state index < -0.39 is 0 Å². The number of piperazine rings is 1. The highest BCUT2D eigenvalue weighted by molar-refractivity contribution is 5.72. The molecule has 2 fully saturated rings. The zero-order valence-corrected chi connectivity index (χ0v) is 18.0. The summed E-state index contributed by atoms with van der Waals surface area (Å²) in [6, 6.07) is 11.5. The fourth-order valence-electron chi connectivity index (χ4n) is 5.00. The third kappa shape index (κ3) is 3.79. The summed E-state index contributed by atoms with van der Waals surface area (Å²) in [6.07, 6.45) is 4.12. The molecule has 2 aliphatic heterocycles. The second-order valence-electron chi connectivity index (χ2n) is 8.67. The largest absolute Gasteiger partial charge is 0.368 e. The van der Waals surface area contributed by atoms with Crippen molar-refractivity contribution in [3.63, 3.8) is 0 Å². The molecule has 30 heavy (non-hydrogen) atoms. The van der Waals surface area contributed by atoms with Crippen LogP contribution < -0.4 is 4.90 Å². The molecule has 0 radical (unpaired) electrons. The predicted octanol–water partition coefficient (Wildman–Crippen LogP) is 2.53. The molecular weight excluding hydrogens is 374 g/mol. The summed E-state index contributed by atoms with van der Waals surface area (Å²) in [4.78, 5) is 7.80. The molecule has 0 spiro atoms. The Hall–Kier alpha value is -2.51. The van der Waals surface area contributed by atoms with Crippen molar-refractivity contribution in [1.82, 2.24) is 29.6 Å². The maximum absolute atomic E-state index is 4.57. The summed E-state index contributed by atoms with van der Waals surface area (Å²) < 4.78 is 1.82. The van der Waals surface area contributed by atoms with Crippen LogP contribution in [0.2, 0.25) is 0 Å². The van der Waals surface area contributed by atoms with Crippen molar-refractivity contribution < 1.29 is 0 Å². The molecule has 158 valence electrons. The summed E-state index contributed by atoms with van der Waals surface area (Å²) in [6.45, 7) is 12.1. The molecule has 0 N–H and O–H groups in total. The van der Waals surface area contributed by atoms with E-state index in [2.05, 4.69) is 74.2 Å². The lowest BCUT2D eigenvalue weighted by atomic mass is 10.0. The van der Waals surface area contributed by atoms with Gasteiger partial charge < -0.3 is 4.90 Å². The van der Waals surface area contributed by atoms with Crippen molar-refractivity contribution in [1.29, 1.82) is 0 Å². The molecule has 2 aromatic heterocycles. The Balaban J connectivity index is 1.18. The first-order valence-electron chi connectivity index (χ1n) is 11.1. The number of nitrogens with zero attached hydrogens (tertiary/aromatic N) is 7. The minimum absolute atomic E-state index is 0.692. The topological polar surface area (TPSA) is 52.8 Å². The maximum atomic E-state index is 4.57. The number of rotatable bonds is 4. The van der Waals surface area contributed by atoms with Gasteiger partial charge in [0.15, 0.2) is 0 Å². The average molecular weight is 406 g/mol. The van der Waals surface area contributed by atoms with Crippen molar-refractivity contribution in [3.05, 3.63) is 53.5 Å². The van der Waals surface area contributed by atoms with Gasteiger partial charge in [-0.3, -0.25) is 9.80 Å². The lowest BCUT2D eigenvalue weighted by molar-refractivity contribution is 0.0812. The number of aryl methyl sites for hydroxylation is 1. The minimum Gasteiger partial charge on any atom is -0.368 e. The van der Waals surface area contributed by atoms with Gasteiger partial charge in [-0.05, 0) is 37.8 Å². The van der Waals surface area contributed by atoms with Crippen LogP contribution in [-0.4, -0.2) is 74.9 Å². The van der Waals surface area contributed by atoms with Gasteiger partial charge in [0.05, 0.1) is 11.4 Å². The summed E-state index contributed by atoms with van der Waals surface area (Å²) in [5, 5.41) is 13.0. The number of hydrogen-bond acceptors (Lipinski definition) is 6. The van der Waals surface area contributed by atoms with E-state index in [1.54, 1.807) is 6.33 Å². The van der Waals surface area contributed by atoms with Crippen molar-refractivity contribution >= 4 is 11.3 Å². The standard InChI is InChI=1S/C23H31N7/c1-18-19(2)26-30-17-24-25-23(30)22(18)29-10-8-21(9-11-29)28-14-12-27(13-15-28)16-20-6-4-3-5-7-20/h3-7,17,21H,8-16H2,1-2H3. The zero-order valence-electron chi connectivity index (χ0n) is 18.0. The van der Waals surface area contributed by atoms with Gasteiger partial charge in [-0.2, -0.15) is 9.61 Å². The molecule has 0 atom stereocenters. The predicted molar refractivity (Wildman–Crippen MR) is 119 cm³/mol. The Bertz CT molecular complexity index is 983. The smallest absolute Gasteiger partial charge is 0.201 e. The van der Waals surface area contributed by atoms with Gasteiger partial charge in [0.2, 0.25) is 5.65 Å². The number of fused-ring (bicyclic) bond motifs is 1. The highest BCUT2D eigenvalue weighted by Gasteiger charge is 2.29. The summed E-state index contributed by atoms with van der Waals surface area (Å²) in [5.41, 5.74) is 5.79. The SMILES string of the molecule is Cc1nn2cnnc2c(N2CCC(N3CCN(Cc4ccccc4)CC3)CC2)c1C. The third-order valence-corrected chi connectivity index (χ3v) is 6.85. The summed E-state index contributed by atoms with van der Waals surface area (Å²) in [5.74, 6) is 0. The van der Waals surface area contributed by atoms with Crippen LogP contribution in [0.25, 0.3) is 5.65 Å². The highest BCUT2D eigenvalue weighted by atomic mass is 15.4. The molecule has 0 unspecified atom stereocenters. The molecule has 0 saturated carbocycles. The van der Waals surface area contributed by atoms with E-state index in [-0.39, 0.29) is 0 Å². The second kappa shape index (κ2) is 8.32. The quantitative estimate of drug-likeness (QED) is 0.665. The molecule has 0 amide bonds. The number of anilines is 1. The summed E-state index contributed by atoms with van der Waals surface area (Å²) in [7, 11) is 0. The lowest BCUT2D eigenvalue weighted by Gasteiger charge is -2.43. The third-order valence-electron chi connectivity index (χ3n) is 6.85. The monoisotopic (exact) mass is 405 g/mol. The van der Waals surface area contributed by atoms with Crippen LogP contribution in [0, 0.1) is 13.8 Å². The Kier molecular flexibility index (Phi) is 5.39. The van der Waals surface area contributed by atoms with Crippen LogP contribution in [-0.2, 0) is 6.54 Å². The van der Waals surface area contributed by atoms with E-state index in [1.807, 2.05) is 4.52 Å². The van der Waals surface area contributed by atoms with Crippen LogP contribution in [0.4, 0.5) is 5.69 Å². The van der Waals surface area contributed by atoms with E-state index >= 15 is 0 Å². The van der Waals surface area contributed by atoms with Gasteiger partial charge in [-0.25, -0.2) is 0 Å². The number of piperidine rings is 1. The number of benzene rings is 1. The first-order valence-corrected chi connectivity index (χ1v) is 11.1. The van der Waals surface area contributed by atoms with Gasteiger partial charge in [-0.1, -0.05) is 30.3 Å². The van der Waals surface area contributed by atoms with E-state index in [4.69, 9.17) is 0 Å². The maximum Gasteiger partial charge on any atom is 0.201 e. The van der Waals surface area contributed by atoms with E-state index in [0.717, 1.165) is 44.1 Å². The first-order chi connectivity index (χ1) is 14.7. The molecule has 3 aromatic rings. The van der Waals surface area contributed by atoms with Gasteiger partial charge in [0.1, 0.15) is 6.33 Å². The molecule has 1 aromatic carbocycles. The number of hydrogen-bond donors (Lipinski definition) is 0. The molecule has 7 nitrogen and oxygen atoms in total. The van der Waals surface area contributed by atoms with Crippen LogP contribution >= 0.6 is 0 Å². The highest BCUT2D eigenvalue weighted by Crippen LogP contribution is 2.30. The molecule has 0 bridgehead atoms. The Labute approximate surface area is 178 Å². The normalized spacial score (nSPS) is 19.6. The van der Waals surface area contributed by atoms with E-state index in [9.17, 15) is 0 Å². The molecule has 0 aliphatic carbocycles. The molecule has 4 heterocycles. The van der Waals surface area contributed by atoms with Crippen molar-refractivity contribution in [2.24, 2.45) is 0 Å². The fourth-order valence-corrected chi connectivity index (χ4v) is 5.00. The Morgan fingerprint density at radius 3 is 2.40 bits per heavy atom. The molecular formula is C23H31N7. The molecule has 2 aliphatic rings. The van der Waals surface area contributed by atoms with Crippen LogP contribution in [0.1, 0.15) is 29.7 Å². The Morgan fingerprint density at radius 2 is 1.67 bits per heavy atom. The van der Waals surface area contributed by atoms with Crippen LogP contribution in [0.15, 0.2) is 36.7 Å². The van der Waals surface area contributed by atoms with E-state index in [0.29, 0.717) is 6.04 Å². The minimum atomic E-state index is 0.692. The zero-order chi connectivity index (χ0) is 20.5. The average Bonchev–Trinajstić information content (AvgIpc) is 3.24. The van der Waals surface area contributed by atoms with Gasteiger partial charge in [-0.15, -0.1) is 10.2 Å². The van der Waals surface area contributed by atoms with Crippen LogP contribution in [0.3, 0.4) is 0 Å². The van der Waals surface area contributed by atoms with Crippen molar-refractivity contribution in [2.75, 3.05) is 44.2 Å². The van der Waals surface area contributed by atoms with Gasteiger partial charge in [0, 0.05) is 51.9 Å². The van der Waals surface area contributed by atoms with Gasteiger partial charge in [0.25, 0.3) is 0 Å². The van der Waals surface area contributed by atoms with Crippen molar-refractivity contribution in [2.45, 2.75) is 39.3 Å². The molecule has 7 heteroatoms. The molecule has 5 rings (SSSR count). The molecule has 2 saturated heterocycles. The second-order valence-corrected chi connectivity index (χ2v) is 8.67. The van der Waals surface area contributed by atoms with Crippen LogP contribution in [0.5, 0.6) is 0 Å². The first kappa shape index (κ1) is 19.5. The lowest BCUT2D eigenvalue weighted by Crippen LogP contribution is -2.53. The summed E-state index contributed by atoms with van der Waals surface area (Å²) >= 11 is 0. The van der Waals surface area contributed by atoms with Crippen molar-refractivity contribution in [3.8, 4) is 0 Å². The Morgan fingerprint density at radius 1 is 0.933 bits per heavy atom. The van der Waals surface area contributed by atoms with E-state index in [1.165, 1.54) is 42.7 Å².